The fourth-order valence-corrected chi connectivity index (χ4v) is 14.7. The van der Waals surface area contributed by atoms with Gasteiger partial charge in [0.15, 0.2) is 18.9 Å². The van der Waals surface area contributed by atoms with Gasteiger partial charge in [0.1, 0.15) is 78.7 Å². The first-order valence-electron chi connectivity index (χ1n) is 24.6. The molecule has 0 unspecified atom stereocenters. The van der Waals surface area contributed by atoms with E-state index < -0.39 is 169 Å². The second-order valence-electron chi connectivity index (χ2n) is 23.0. The van der Waals surface area contributed by atoms with E-state index >= 15 is 0 Å². The van der Waals surface area contributed by atoms with E-state index in [1.807, 2.05) is 20.8 Å². The van der Waals surface area contributed by atoms with Crippen molar-refractivity contribution in [2.24, 2.45) is 44.8 Å². The molecule has 3 saturated carbocycles. The molecule has 8 rings (SSSR count). The summed E-state index contributed by atoms with van der Waals surface area (Å²) in [5, 5.41) is 129. The molecule has 0 aromatic carbocycles. The normalized spacial score (nSPS) is 54.5. The molecule has 27 atom stereocenters. The lowest BCUT2D eigenvalue weighted by Gasteiger charge is -2.70. The van der Waals surface area contributed by atoms with Crippen LogP contribution < -0.4 is 0 Å². The molecule has 0 aromatic heterocycles. The zero-order valence-corrected chi connectivity index (χ0v) is 40.4. The quantitative estimate of drug-likeness (QED) is 0.0673. The number of hydrogen-bond acceptors (Lipinski definition) is 20. The van der Waals surface area contributed by atoms with Crippen LogP contribution in [0.5, 0.6) is 0 Å². The fourth-order valence-electron chi connectivity index (χ4n) is 14.7. The smallest absolute Gasteiger partial charge is 0.315 e. The highest BCUT2D eigenvalue weighted by atomic mass is 16.8. The number of allylic oxidation sites excluding steroid dienone is 1. The molecule has 0 aromatic rings. The molecule has 12 N–H and O–H groups in total. The average molecular weight is 975 g/mol. The summed E-state index contributed by atoms with van der Waals surface area (Å²) < 4.78 is 41.9. The van der Waals surface area contributed by atoms with Gasteiger partial charge in [-0.3, -0.25) is 4.79 Å². The van der Waals surface area contributed by atoms with Crippen LogP contribution >= 0.6 is 0 Å². The summed E-state index contributed by atoms with van der Waals surface area (Å²) in [5.74, 6) is -0.952. The van der Waals surface area contributed by atoms with Crippen LogP contribution in [0.3, 0.4) is 0 Å². The van der Waals surface area contributed by atoms with Crippen LogP contribution in [0.4, 0.5) is 0 Å². The standard InChI is InChI=1S/C48H78O20/c1-19(20(2)62-40-36(59)33(56)30(53)25(17-49)64-40)24-16-48(43(61)66-24)14-13-46(7)22(38(48)60)9-10-28-45(6)15-23(51)39(44(4,5)27(45)11-12-47(28,46)8)68-42-37(34(57)31(54)26(18-50)65-42)67-41-35(58)32(55)29(52)21(3)63-41/h9,19-21,23-42,49-60H,10-18H2,1-8H3/t19-,20+,21-,23+,24+,25+,26+,27-,28+,29-,30+,31+,32+,33-,34-,35+,36+,37+,38-,39-,40+,41-,42-,45-,46+,47+,48+/m0/s1. The van der Waals surface area contributed by atoms with Crippen molar-refractivity contribution in [3.05, 3.63) is 11.6 Å². The summed E-state index contributed by atoms with van der Waals surface area (Å²) in [7, 11) is 0. The van der Waals surface area contributed by atoms with Gasteiger partial charge in [-0.15, -0.1) is 0 Å². The van der Waals surface area contributed by atoms with Crippen LogP contribution in [0.15, 0.2) is 11.6 Å². The predicted molar refractivity (Wildman–Crippen MR) is 233 cm³/mol. The first-order chi connectivity index (χ1) is 31.7. The number of cyclic esters (lactones) is 1. The number of fused-ring (bicyclic) bond motifs is 5. The van der Waals surface area contributed by atoms with Gasteiger partial charge in [0.05, 0.1) is 43.7 Å². The van der Waals surface area contributed by atoms with Crippen LogP contribution in [0.2, 0.25) is 0 Å². The first kappa shape index (κ1) is 52.8. The Morgan fingerprint density at radius 3 is 1.94 bits per heavy atom. The second-order valence-corrected chi connectivity index (χ2v) is 23.0. The molecule has 20 nitrogen and oxygen atoms in total. The summed E-state index contributed by atoms with van der Waals surface area (Å²) in [4.78, 5) is 14.1. The molecule has 68 heavy (non-hydrogen) atoms. The maximum absolute atomic E-state index is 14.1. The molecule has 8 aliphatic rings. The molecular formula is C48H78O20. The number of rotatable bonds is 10. The molecule has 1 spiro atoms. The topological polar surface area (TPSA) is 324 Å². The van der Waals surface area contributed by atoms with E-state index in [-0.39, 0.29) is 23.7 Å². The van der Waals surface area contributed by atoms with Crippen LogP contribution in [0.25, 0.3) is 0 Å². The van der Waals surface area contributed by atoms with Crippen molar-refractivity contribution < 1.29 is 99.2 Å². The fraction of sp³-hybridized carbons (Fsp3) is 0.938. The lowest BCUT2D eigenvalue weighted by molar-refractivity contribution is -0.381. The Kier molecular flexibility index (Phi) is 14.6. The molecule has 390 valence electrons. The summed E-state index contributed by atoms with van der Waals surface area (Å²) in [6, 6.07) is 0. The minimum atomic E-state index is -1.74. The highest BCUT2D eigenvalue weighted by Crippen LogP contribution is 2.74. The van der Waals surface area contributed by atoms with E-state index in [0.717, 1.165) is 12.0 Å². The molecule has 20 heteroatoms. The van der Waals surface area contributed by atoms with Gasteiger partial charge in [0.25, 0.3) is 0 Å². The SMILES string of the molecule is C[C@@H]([C@@H](C)O[C@@H]1O[C@H](CO)[C@@H](O)[C@H](O)[C@H]1O)[C@H]1C[C@@]2(CC[C@]3(C)C(=CC[C@@H]4[C@@]5(C)C[C@@H](O)[C@H](O[C@@H]6O[C@H](CO)[C@@H](O)[C@H](O)[C@H]6O[C@@H]6O[C@@H](C)[C@H](O)[C@@H](O)[C@H]6O)C(C)(C)[C@@H]5CC[C@]43C)[C@@H]2O)C(=O)O1. The molecular weight excluding hydrogens is 897 g/mol. The van der Waals surface area contributed by atoms with Crippen molar-refractivity contribution in [3.8, 4) is 0 Å². The van der Waals surface area contributed by atoms with Crippen molar-refractivity contribution >= 4 is 5.97 Å². The van der Waals surface area contributed by atoms with Gasteiger partial charge in [0, 0.05) is 12.3 Å². The highest BCUT2D eigenvalue weighted by molar-refractivity contribution is 5.81. The van der Waals surface area contributed by atoms with Gasteiger partial charge in [-0.25, -0.2) is 0 Å². The number of aliphatic hydroxyl groups excluding tert-OH is 12. The molecule has 4 saturated heterocycles. The number of carbonyl (C=O) groups excluding carboxylic acids is 1. The Morgan fingerprint density at radius 1 is 0.691 bits per heavy atom. The molecule has 0 bridgehead atoms. The van der Waals surface area contributed by atoms with Crippen LogP contribution in [0.1, 0.15) is 100 Å². The van der Waals surface area contributed by atoms with Gasteiger partial charge >= 0.3 is 5.97 Å². The molecule has 7 fully saturated rings. The van der Waals surface area contributed by atoms with E-state index in [4.69, 9.17) is 33.2 Å². The van der Waals surface area contributed by atoms with E-state index in [1.165, 1.54) is 6.92 Å². The van der Waals surface area contributed by atoms with Crippen molar-refractivity contribution in [2.45, 2.75) is 223 Å². The van der Waals surface area contributed by atoms with Gasteiger partial charge in [0.2, 0.25) is 0 Å². The van der Waals surface area contributed by atoms with Crippen molar-refractivity contribution in [1.29, 1.82) is 0 Å². The zero-order valence-electron chi connectivity index (χ0n) is 40.4. The van der Waals surface area contributed by atoms with Crippen LogP contribution in [-0.4, -0.2) is 203 Å². The van der Waals surface area contributed by atoms with Gasteiger partial charge in [-0.1, -0.05) is 47.6 Å². The monoisotopic (exact) mass is 975 g/mol. The molecule has 0 radical (unpaired) electrons. The number of esters is 1. The number of carbonyl (C=O) groups is 1. The number of hydrogen-bond donors (Lipinski definition) is 12. The van der Waals surface area contributed by atoms with E-state index in [0.29, 0.717) is 32.1 Å². The van der Waals surface area contributed by atoms with E-state index in [1.54, 1.807) is 6.92 Å². The summed E-state index contributed by atoms with van der Waals surface area (Å²) in [5.41, 5.74) is -2.55. The van der Waals surface area contributed by atoms with Crippen molar-refractivity contribution in [1.82, 2.24) is 0 Å². The second kappa shape index (κ2) is 18.8. The lowest BCUT2D eigenvalue weighted by atomic mass is 9.34. The van der Waals surface area contributed by atoms with Crippen LogP contribution in [-0.2, 0) is 38.0 Å². The van der Waals surface area contributed by atoms with Crippen molar-refractivity contribution in [2.75, 3.05) is 13.2 Å². The average Bonchev–Trinajstić information content (AvgIpc) is 3.63. The number of aliphatic hydroxyl groups is 12. The summed E-state index contributed by atoms with van der Waals surface area (Å²) in [6.07, 6.45) is -21.1. The zero-order chi connectivity index (χ0) is 50.0. The van der Waals surface area contributed by atoms with Crippen molar-refractivity contribution in [3.63, 3.8) is 0 Å². The number of ether oxygens (including phenoxy) is 7. The third-order valence-electron chi connectivity index (χ3n) is 19.3. The Hall–Kier alpha value is -1.51. The van der Waals surface area contributed by atoms with E-state index in [9.17, 15) is 66.1 Å². The largest absolute Gasteiger partial charge is 0.461 e. The minimum absolute atomic E-state index is 0.0220. The predicted octanol–water partition coefficient (Wildman–Crippen LogP) is -1.51. The molecule has 4 heterocycles. The van der Waals surface area contributed by atoms with Crippen LogP contribution in [0, 0.1) is 44.8 Å². The first-order valence-corrected chi connectivity index (χ1v) is 24.6. The van der Waals surface area contributed by atoms with Gasteiger partial charge < -0.3 is 94.4 Å². The Labute approximate surface area is 397 Å². The molecule has 4 aliphatic carbocycles. The van der Waals surface area contributed by atoms with E-state index in [2.05, 4.69) is 26.8 Å². The summed E-state index contributed by atoms with van der Waals surface area (Å²) >= 11 is 0. The lowest BCUT2D eigenvalue weighted by Crippen LogP contribution is -2.69. The molecule has 4 aliphatic heterocycles. The molecule has 0 amide bonds. The maximum atomic E-state index is 14.1. The minimum Gasteiger partial charge on any atom is -0.461 e. The maximum Gasteiger partial charge on any atom is 0.315 e. The Bertz CT molecular complexity index is 1850. The van der Waals surface area contributed by atoms with Gasteiger partial charge in [-0.2, -0.15) is 0 Å². The Morgan fingerprint density at radius 2 is 1.29 bits per heavy atom. The van der Waals surface area contributed by atoms with Gasteiger partial charge in [-0.05, 0) is 91.4 Å². The Balaban J connectivity index is 0.992. The highest BCUT2D eigenvalue weighted by Gasteiger charge is 2.71. The summed E-state index contributed by atoms with van der Waals surface area (Å²) in [6.45, 7) is 14.4. The third kappa shape index (κ3) is 8.07. The third-order valence-corrected chi connectivity index (χ3v) is 19.3.